The van der Waals surface area contributed by atoms with E-state index >= 15 is 0 Å². The van der Waals surface area contributed by atoms with Gasteiger partial charge in [-0.3, -0.25) is 4.90 Å². The molecule has 84 valence electrons. The molecule has 2 nitrogen and oxygen atoms in total. The van der Waals surface area contributed by atoms with Crippen LogP contribution in [0.25, 0.3) is 0 Å². The minimum Gasteiger partial charge on any atom is -0.315 e. The quantitative estimate of drug-likeness (QED) is 0.694. The third-order valence-electron chi connectivity index (χ3n) is 3.17. The van der Waals surface area contributed by atoms with Crippen molar-refractivity contribution < 1.29 is 0 Å². The van der Waals surface area contributed by atoms with Gasteiger partial charge >= 0.3 is 0 Å². The Balaban J connectivity index is 2.74. The molecule has 1 N–H and O–H groups in total. The Hall–Kier alpha value is -0.0800. The van der Waals surface area contributed by atoms with Crippen molar-refractivity contribution in [2.24, 2.45) is 5.41 Å². The maximum absolute atomic E-state index is 3.55. The van der Waals surface area contributed by atoms with Crippen LogP contribution in [-0.2, 0) is 0 Å². The van der Waals surface area contributed by atoms with E-state index < -0.39 is 0 Å². The minimum absolute atomic E-state index is 0.377. The second kappa shape index (κ2) is 4.63. The first-order valence-corrected chi connectivity index (χ1v) is 5.89. The second-order valence-corrected chi connectivity index (χ2v) is 5.77. The van der Waals surface area contributed by atoms with Crippen LogP contribution < -0.4 is 5.32 Å². The van der Waals surface area contributed by atoms with Crippen LogP contribution in [0.3, 0.4) is 0 Å². The van der Waals surface area contributed by atoms with Gasteiger partial charge in [-0.2, -0.15) is 0 Å². The molecule has 1 fully saturated rings. The van der Waals surface area contributed by atoms with Gasteiger partial charge in [0, 0.05) is 18.6 Å². The van der Waals surface area contributed by atoms with Crippen molar-refractivity contribution >= 4 is 0 Å². The lowest BCUT2D eigenvalue weighted by atomic mass is 9.85. The molecular formula is C12H26N2. The summed E-state index contributed by atoms with van der Waals surface area (Å²) in [4.78, 5) is 2.65. The van der Waals surface area contributed by atoms with Crippen LogP contribution in [0.4, 0.5) is 0 Å². The average Bonchev–Trinajstić information content (AvgIpc) is 2.26. The molecule has 0 spiro atoms. The zero-order valence-electron chi connectivity index (χ0n) is 10.4. The first-order valence-electron chi connectivity index (χ1n) is 5.89. The van der Waals surface area contributed by atoms with Gasteiger partial charge in [-0.25, -0.2) is 0 Å². The Kier molecular flexibility index (Phi) is 3.96. The van der Waals surface area contributed by atoms with Crippen LogP contribution in [0.15, 0.2) is 0 Å². The molecule has 0 amide bonds. The number of nitrogens with one attached hydrogen (secondary N) is 1. The Labute approximate surface area is 89.1 Å². The van der Waals surface area contributed by atoms with Gasteiger partial charge < -0.3 is 5.32 Å². The molecule has 1 aliphatic heterocycles. The zero-order chi connectivity index (χ0) is 10.8. The highest BCUT2D eigenvalue weighted by Crippen LogP contribution is 2.26. The summed E-state index contributed by atoms with van der Waals surface area (Å²) in [5, 5.41) is 3.55. The number of hydrogen-bond acceptors (Lipinski definition) is 2. The van der Waals surface area contributed by atoms with Crippen LogP contribution in [0, 0.1) is 5.41 Å². The second-order valence-electron chi connectivity index (χ2n) is 5.77. The summed E-state index contributed by atoms with van der Waals surface area (Å²) in [5.41, 5.74) is 0.377. The first kappa shape index (κ1) is 12.0. The highest BCUT2D eigenvalue weighted by atomic mass is 15.2. The largest absolute Gasteiger partial charge is 0.315 e. The molecule has 14 heavy (non-hydrogen) atoms. The lowest BCUT2D eigenvalue weighted by Crippen LogP contribution is -2.50. The van der Waals surface area contributed by atoms with Gasteiger partial charge in [-0.15, -0.1) is 0 Å². The van der Waals surface area contributed by atoms with Crippen molar-refractivity contribution in [3.63, 3.8) is 0 Å². The van der Waals surface area contributed by atoms with E-state index in [1.807, 2.05) is 0 Å². The molecular weight excluding hydrogens is 172 g/mol. The summed E-state index contributed by atoms with van der Waals surface area (Å²) in [6.07, 6.45) is 1.28. The fourth-order valence-corrected chi connectivity index (χ4v) is 2.32. The standard InChI is InChI=1S/C12H26N2/c1-10(2)14-8-6-7-13-9-11(14)12(3,4)5/h10-11,13H,6-9H2,1-5H3/t11-/m0/s1. The predicted molar refractivity (Wildman–Crippen MR) is 62.6 cm³/mol. The summed E-state index contributed by atoms with van der Waals surface area (Å²) in [6.45, 7) is 15.2. The fraction of sp³-hybridized carbons (Fsp3) is 1.00. The van der Waals surface area contributed by atoms with E-state index in [4.69, 9.17) is 0 Å². The van der Waals surface area contributed by atoms with Crippen molar-refractivity contribution in [1.82, 2.24) is 10.2 Å². The minimum atomic E-state index is 0.377. The zero-order valence-corrected chi connectivity index (χ0v) is 10.4. The maximum Gasteiger partial charge on any atom is 0.0271 e. The number of nitrogens with zero attached hydrogens (tertiary/aromatic N) is 1. The van der Waals surface area contributed by atoms with E-state index in [-0.39, 0.29) is 0 Å². The van der Waals surface area contributed by atoms with E-state index in [2.05, 4.69) is 44.8 Å². The van der Waals surface area contributed by atoms with Crippen molar-refractivity contribution in [2.75, 3.05) is 19.6 Å². The van der Waals surface area contributed by atoms with Crippen LogP contribution in [-0.4, -0.2) is 36.6 Å². The third-order valence-corrected chi connectivity index (χ3v) is 3.17. The van der Waals surface area contributed by atoms with E-state index in [1.54, 1.807) is 0 Å². The van der Waals surface area contributed by atoms with E-state index in [9.17, 15) is 0 Å². The van der Waals surface area contributed by atoms with Gasteiger partial charge in [0.05, 0.1) is 0 Å². The van der Waals surface area contributed by atoms with Crippen molar-refractivity contribution in [2.45, 2.75) is 53.1 Å². The molecule has 2 heteroatoms. The maximum atomic E-state index is 3.55. The fourth-order valence-electron chi connectivity index (χ4n) is 2.32. The molecule has 0 saturated carbocycles. The smallest absolute Gasteiger partial charge is 0.0271 e. The third kappa shape index (κ3) is 2.96. The summed E-state index contributed by atoms with van der Waals surface area (Å²) in [5.74, 6) is 0. The highest BCUT2D eigenvalue weighted by molar-refractivity contribution is 4.88. The Morgan fingerprint density at radius 2 is 1.93 bits per heavy atom. The molecule has 1 rings (SSSR count). The molecule has 0 radical (unpaired) electrons. The van der Waals surface area contributed by atoms with Crippen LogP contribution in [0.1, 0.15) is 41.0 Å². The lowest BCUT2D eigenvalue weighted by Gasteiger charge is -2.41. The molecule has 0 aromatic rings. The monoisotopic (exact) mass is 198 g/mol. The molecule has 1 aliphatic rings. The van der Waals surface area contributed by atoms with Crippen LogP contribution in [0.2, 0.25) is 0 Å². The van der Waals surface area contributed by atoms with Crippen molar-refractivity contribution in [3.8, 4) is 0 Å². The molecule has 0 aliphatic carbocycles. The molecule has 0 bridgehead atoms. The normalized spacial score (nSPS) is 26.6. The van der Waals surface area contributed by atoms with Crippen molar-refractivity contribution in [3.05, 3.63) is 0 Å². The van der Waals surface area contributed by atoms with Gasteiger partial charge in [0.2, 0.25) is 0 Å². The van der Waals surface area contributed by atoms with E-state index in [0.29, 0.717) is 17.5 Å². The predicted octanol–water partition coefficient (Wildman–Crippen LogP) is 2.10. The summed E-state index contributed by atoms with van der Waals surface area (Å²) >= 11 is 0. The Bertz CT molecular complexity index is 170. The Morgan fingerprint density at radius 3 is 2.43 bits per heavy atom. The molecule has 1 saturated heterocycles. The van der Waals surface area contributed by atoms with Gasteiger partial charge in [0.25, 0.3) is 0 Å². The first-order chi connectivity index (χ1) is 6.43. The number of hydrogen-bond donors (Lipinski definition) is 1. The molecule has 0 aromatic carbocycles. The topological polar surface area (TPSA) is 15.3 Å². The van der Waals surface area contributed by atoms with Crippen molar-refractivity contribution in [1.29, 1.82) is 0 Å². The summed E-state index contributed by atoms with van der Waals surface area (Å²) in [6, 6.07) is 1.34. The SMILES string of the molecule is CC(C)N1CCCNC[C@H]1C(C)(C)C. The van der Waals surface area contributed by atoms with Gasteiger partial charge in [0.15, 0.2) is 0 Å². The molecule has 1 heterocycles. The summed E-state index contributed by atoms with van der Waals surface area (Å²) in [7, 11) is 0. The molecule has 0 aromatic heterocycles. The Morgan fingerprint density at radius 1 is 1.29 bits per heavy atom. The lowest BCUT2D eigenvalue weighted by molar-refractivity contribution is 0.0808. The molecule has 1 atom stereocenters. The average molecular weight is 198 g/mol. The van der Waals surface area contributed by atoms with Gasteiger partial charge in [-0.05, 0) is 38.8 Å². The van der Waals surface area contributed by atoms with E-state index in [1.165, 1.54) is 19.5 Å². The van der Waals surface area contributed by atoms with Crippen LogP contribution >= 0.6 is 0 Å². The van der Waals surface area contributed by atoms with Crippen LogP contribution in [0.5, 0.6) is 0 Å². The van der Waals surface area contributed by atoms with Gasteiger partial charge in [0.1, 0.15) is 0 Å². The van der Waals surface area contributed by atoms with E-state index in [0.717, 1.165) is 6.54 Å². The summed E-state index contributed by atoms with van der Waals surface area (Å²) < 4.78 is 0. The highest BCUT2D eigenvalue weighted by Gasteiger charge is 2.32. The molecule has 0 unspecified atom stereocenters. The van der Waals surface area contributed by atoms with Gasteiger partial charge in [-0.1, -0.05) is 20.8 Å². The number of rotatable bonds is 1.